The van der Waals surface area contributed by atoms with Crippen LogP contribution in [0.3, 0.4) is 0 Å². The SMILES string of the molecule is Cc1ccc(-c2cc3oc(C=C4C(=O)c5cc6ccccc6cc5C4=O)nc3o2)cc1. The molecule has 1 aliphatic carbocycles. The number of ketones is 2. The van der Waals surface area contributed by atoms with E-state index in [9.17, 15) is 9.59 Å². The summed E-state index contributed by atoms with van der Waals surface area (Å²) in [6, 6.07) is 20.9. The fourth-order valence-electron chi connectivity index (χ4n) is 3.94. The van der Waals surface area contributed by atoms with Crippen molar-refractivity contribution in [2.45, 2.75) is 6.92 Å². The number of hydrogen-bond acceptors (Lipinski definition) is 5. The molecule has 5 aromatic rings. The lowest BCUT2D eigenvalue weighted by Gasteiger charge is -2.00. The number of hydrogen-bond donors (Lipinski definition) is 0. The number of Topliss-reactive ketones (excluding diaryl/α,β-unsaturated/α-hetero) is 2. The van der Waals surface area contributed by atoms with E-state index in [-0.39, 0.29) is 23.0 Å². The maximum atomic E-state index is 12.9. The van der Waals surface area contributed by atoms with Crippen LogP contribution in [-0.2, 0) is 0 Å². The molecular formula is C26H15NO4. The smallest absolute Gasteiger partial charge is 0.266 e. The van der Waals surface area contributed by atoms with Crippen LogP contribution in [0, 0.1) is 6.92 Å². The van der Waals surface area contributed by atoms with E-state index < -0.39 is 0 Å². The first kappa shape index (κ1) is 17.6. The van der Waals surface area contributed by atoms with E-state index >= 15 is 0 Å². The van der Waals surface area contributed by atoms with E-state index in [0.717, 1.165) is 21.9 Å². The largest absolute Gasteiger partial charge is 0.435 e. The van der Waals surface area contributed by atoms with Crippen molar-refractivity contribution in [1.82, 2.24) is 4.98 Å². The maximum absolute atomic E-state index is 12.9. The number of aromatic nitrogens is 1. The Hall–Kier alpha value is -4.25. The van der Waals surface area contributed by atoms with Crippen LogP contribution in [0.2, 0.25) is 0 Å². The lowest BCUT2D eigenvalue weighted by atomic mass is 10.0. The highest BCUT2D eigenvalue weighted by molar-refractivity contribution is 6.41. The summed E-state index contributed by atoms with van der Waals surface area (Å²) in [7, 11) is 0. The van der Waals surface area contributed by atoms with Crippen molar-refractivity contribution in [2.24, 2.45) is 0 Å². The van der Waals surface area contributed by atoms with Gasteiger partial charge in [-0.15, -0.1) is 0 Å². The fourth-order valence-corrected chi connectivity index (χ4v) is 3.94. The van der Waals surface area contributed by atoms with Gasteiger partial charge in [-0.1, -0.05) is 54.1 Å². The molecule has 0 fully saturated rings. The number of rotatable bonds is 2. The van der Waals surface area contributed by atoms with Gasteiger partial charge in [0.05, 0.1) is 5.57 Å². The zero-order valence-corrected chi connectivity index (χ0v) is 16.5. The van der Waals surface area contributed by atoms with Gasteiger partial charge in [0.1, 0.15) is 5.76 Å². The molecule has 0 radical (unpaired) electrons. The van der Waals surface area contributed by atoms with Crippen LogP contribution < -0.4 is 0 Å². The Morgan fingerprint density at radius 1 is 0.806 bits per heavy atom. The van der Waals surface area contributed by atoms with Crippen molar-refractivity contribution < 1.29 is 18.4 Å². The summed E-state index contributed by atoms with van der Waals surface area (Å²) in [5.41, 5.74) is 3.73. The Balaban J connectivity index is 1.38. The Bertz CT molecular complexity index is 1480. The first-order valence-electron chi connectivity index (χ1n) is 9.88. The Kier molecular flexibility index (Phi) is 3.62. The average Bonchev–Trinajstić information content (AvgIpc) is 3.40. The van der Waals surface area contributed by atoms with Crippen LogP contribution in [0.25, 0.3) is 39.5 Å². The number of nitrogens with zero attached hydrogens (tertiary/aromatic N) is 1. The van der Waals surface area contributed by atoms with Crippen LogP contribution in [0.4, 0.5) is 0 Å². The normalized spacial score (nSPS) is 13.4. The van der Waals surface area contributed by atoms with Gasteiger partial charge in [-0.05, 0) is 29.8 Å². The lowest BCUT2D eigenvalue weighted by molar-refractivity contribution is 0.0990. The summed E-state index contributed by atoms with van der Waals surface area (Å²) >= 11 is 0. The molecule has 5 heteroatoms. The van der Waals surface area contributed by atoms with Crippen LogP contribution in [-0.4, -0.2) is 16.6 Å². The zero-order chi connectivity index (χ0) is 21.1. The number of carbonyl (C=O) groups is 2. The number of allylic oxidation sites excluding steroid dienone is 1. The molecule has 0 saturated carbocycles. The third kappa shape index (κ3) is 2.74. The third-order valence-electron chi connectivity index (χ3n) is 5.57. The molecule has 0 spiro atoms. The summed E-state index contributed by atoms with van der Waals surface area (Å²) < 4.78 is 11.5. The molecule has 148 valence electrons. The van der Waals surface area contributed by atoms with Gasteiger partial charge < -0.3 is 8.83 Å². The van der Waals surface area contributed by atoms with Crippen LogP contribution in [0.5, 0.6) is 0 Å². The van der Waals surface area contributed by atoms with Crippen molar-refractivity contribution in [2.75, 3.05) is 0 Å². The molecule has 31 heavy (non-hydrogen) atoms. The van der Waals surface area contributed by atoms with Crippen molar-refractivity contribution in [3.8, 4) is 11.3 Å². The predicted molar refractivity (Wildman–Crippen MR) is 117 cm³/mol. The number of carbonyl (C=O) groups excluding carboxylic acids is 2. The van der Waals surface area contributed by atoms with Crippen LogP contribution in [0.15, 0.2) is 81.1 Å². The standard InChI is InChI=1S/C26H15NO4/c1-14-6-8-15(9-7-14)21-13-22-26(31-21)27-23(30-22)12-20-24(28)18-10-16-4-2-3-5-17(16)11-19(18)25(20)29/h2-13H,1H3. The summed E-state index contributed by atoms with van der Waals surface area (Å²) in [6.07, 6.45) is 1.40. The second kappa shape index (κ2) is 6.37. The Labute approximate surface area is 176 Å². The number of fused-ring (bicyclic) bond motifs is 3. The molecule has 1 aliphatic rings. The summed E-state index contributed by atoms with van der Waals surface area (Å²) in [4.78, 5) is 30.1. The van der Waals surface area contributed by atoms with Gasteiger partial charge in [-0.25, -0.2) is 0 Å². The highest BCUT2D eigenvalue weighted by atomic mass is 16.4. The van der Waals surface area contributed by atoms with Gasteiger partial charge in [0, 0.05) is 28.8 Å². The summed E-state index contributed by atoms with van der Waals surface area (Å²) in [5.74, 6) is 0.174. The first-order valence-corrected chi connectivity index (χ1v) is 9.88. The second-order valence-corrected chi connectivity index (χ2v) is 7.66. The number of benzene rings is 3. The highest BCUT2D eigenvalue weighted by Gasteiger charge is 2.34. The van der Waals surface area contributed by atoms with Crippen molar-refractivity contribution >= 4 is 39.7 Å². The molecular weight excluding hydrogens is 390 g/mol. The van der Waals surface area contributed by atoms with Crippen molar-refractivity contribution in [3.63, 3.8) is 0 Å². The number of aryl methyl sites for hydroxylation is 1. The zero-order valence-electron chi connectivity index (χ0n) is 16.5. The van der Waals surface area contributed by atoms with Crippen molar-refractivity contribution in [3.05, 3.63) is 94.9 Å². The number of oxazole rings is 1. The lowest BCUT2D eigenvalue weighted by Crippen LogP contribution is -2.00. The van der Waals surface area contributed by atoms with Crippen LogP contribution >= 0.6 is 0 Å². The minimum atomic E-state index is -0.319. The summed E-state index contributed by atoms with van der Waals surface area (Å²) in [5, 5.41) is 1.84. The third-order valence-corrected chi connectivity index (χ3v) is 5.57. The highest BCUT2D eigenvalue weighted by Crippen LogP contribution is 2.33. The Morgan fingerprint density at radius 3 is 2.06 bits per heavy atom. The molecule has 0 N–H and O–H groups in total. The van der Waals surface area contributed by atoms with Gasteiger partial charge in [0.2, 0.25) is 5.89 Å². The topological polar surface area (TPSA) is 73.3 Å². The first-order chi connectivity index (χ1) is 15.1. The molecule has 6 rings (SSSR count). The Morgan fingerprint density at radius 2 is 1.45 bits per heavy atom. The summed E-state index contributed by atoms with van der Waals surface area (Å²) in [6.45, 7) is 2.02. The maximum Gasteiger partial charge on any atom is 0.266 e. The van der Waals surface area contributed by atoms with E-state index in [1.165, 1.54) is 6.08 Å². The van der Waals surface area contributed by atoms with E-state index in [0.29, 0.717) is 28.2 Å². The van der Waals surface area contributed by atoms with E-state index in [1.54, 1.807) is 18.2 Å². The van der Waals surface area contributed by atoms with E-state index in [2.05, 4.69) is 4.98 Å². The molecule has 0 aliphatic heterocycles. The fraction of sp³-hybridized carbons (Fsp3) is 0.0385. The minimum absolute atomic E-state index is 0.0490. The van der Waals surface area contributed by atoms with E-state index in [1.807, 2.05) is 55.5 Å². The molecule has 0 atom stereocenters. The number of furan rings is 1. The second-order valence-electron chi connectivity index (χ2n) is 7.66. The minimum Gasteiger partial charge on any atom is -0.435 e. The molecule has 2 aromatic heterocycles. The molecule has 0 saturated heterocycles. The van der Waals surface area contributed by atoms with Crippen LogP contribution in [0.1, 0.15) is 32.2 Å². The molecule has 0 amide bonds. The van der Waals surface area contributed by atoms with E-state index in [4.69, 9.17) is 8.83 Å². The molecule has 2 heterocycles. The quantitative estimate of drug-likeness (QED) is 0.265. The predicted octanol–water partition coefficient (Wildman–Crippen LogP) is 6.01. The molecule has 0 bridgehead atoms. The molecule has 5 nitrogen and oxygen atoms in total. The monoisotopic (exact) mass is 405 g/mol. The van der Waals surface area contributed by atoms with Gasteiger partial charge >= 0.3 is 0 Å². The van der Waals surface area contributed by atoms with Gasteiger partial charge in [0.25, 0.3) is 5.71 Å². The molecule has 0 unspecified atom stereocenters. The van der Waals surface area contributed by atoms with Gasteiger partial charge in [0.15, 0.2) is 17.1 Å². The van der Waals surface area contributed by atoms with Gasteiger partial charge in [-0.2, -0.15) is 4.98 Å². The average molecular weight is 405 g/mol. The molecule has 3 aromatic carbocycles. The van der Waals surface area contributed by atoms with Gasteiger partial charge in [-0.3, -0.25) is 9.59 Å². The van der Waals surface area contributed by atoms with Crippen molar-refractivity contribution in [1.29, 1.82) is 0 Å².